The molecular weight excluding hydrogens is 453 g/mol. The molecule has 0 saturated carbocycles. The third kappa shape index (κ3) is 4.22. The van der Waals surface area contributed by atoms with Crippen LogP contribution >= 0.6 is 23.2 Å². The Balaban J connectivity index is 1.58. The van der Waals surface area contributed by atoms with Crippen molar-refractivity contribution < 1.29 is 4.79 Å². The predicted molar refractivity (Wildman–Crippen MR) is 126 cm³/mol. The molecule has 0 bridgehead atoms. The monoisotopic (exact) mass is 477 g/mol. The lowest BCUT2D eigenvalue weighted by atomic mass is 10.2. The van der Waals surface area contributed by atoms with Crippen molar-refractivity contribution >= 4 is 40.0 Å². The molecule has 10 heteroatoms. The molecule has 1 aliphatic heterocycles. The highest BCUT2D eigenvalue weighted by Gasteiger charge is 2.20. The van der Waals surface area contributed by atoms with Crippen LogP contribution < -0.4 is 11.1 Å². The molecule has 170 valence electrons. The van der Waals surface area contributed by atoms with Crippen molar-refractivity contribution in [3.8, 4) is 5.69 Å². The number of pyridine rings is 1. The molecule has 1 saturated heterocycles. The number of nitrogens with zero attached hydrogens (tertiary/aromatic N) is 4. The van der Waals surface area contributed by atoms with Crippen molar-refractivity contribution in [2.45, 2.75) is 26.3 Å². The van der Waals surface area contributed by atoms with Gasteiger partial charge in [0.25, 0.3) is 11.1 Å². The smallest absolute Gasteiger partial charge is 0.280 e. The number of carbonyl (C=O) groups is 1. The number of hydrogen-bond donors (Lipinski definition) is 1. The van der Waals surface area contributed by atoms with E-state index in [0.717, 1.165) is 26.2 Å². The number of piperazine rings is 1. The maximum atomic E-state index is 13.1. The molecule has 0 unspecified atom stereocenters. The average molecular weight is 478 g/mol. The van der Waals surface area contributed by atoms with Crippen molar-refractivity contribution in [3.05, 3.63) is 60.7 Å². The average Bonchev–Trinajstić information content (AvgIpc) is 3.08. The molecule has 0 aliphatic carbocycles. The number of nitrogens with one attached hydrogen (secondary N) is 1. The first-order chi connectivity index (χ1) is 15.3. The first-order valence-electron chi connectivity index (χ1n) is 10.5. The third-order valence-corrected chi connectivity index (χ3v) is 6.83. The Morgan fingerprint density at radius 3 is 2.56 bits per heavy atom. The SMILES string of the molecule is Cc1c2c(=O)n(-c3cccc(Cl)c3Cl)[nH]c2cc(=O)n1CCCC(=O)N1CCN(C)CC1. The van der Waals surface area contributed by atoms with Crippen molar-refractivity contribution in [2.75, 3.05) is 33.2 Å². The number of amides is 1. The summed E-state index contributed by atoms with van der Waals surface area (Å²) in [6.07, 6.45) is 0.888. The van der Waals surface area contributed by atoms with Crippen LogP contribution in [-0.2, 0) is 11.3 Å². The van der Waals surface area contributed by atoms with Gasteiger partial charge in [0.1, 0.15) is 0 Å². The first-order valence-corrected chi connectivity index (χ1v) is 11.3. The number of rotatable bonds is 5. The van der Waals surface area contributed by atoms with Gasteiger partial charge in [-0.05, 0) is 32.5 Å². The summed E-state index contributed by atoms with van der Waals surface area (Å²) in [6, 6.07) is 6.42. The topological polar surface area (TPSA) is 83.3 Å². The largest absolute Gasteiger partial charge is 0.340 e. The third-order valence-electron chi connectivity index (χ3n) is 6.02. The predicted octanol–water partition coefficient (Wildman–Crippen LogP) is 2.65. The second kappa shape index (κ2) is 9.13. The molecule has 1 fully saturated rings. The van der Waals surface area contributed by atoms with Crippen LogP contribution in [0.2, 0.25) is 10.0 Å². The van der Waals surface area contributed by atoms with Gasteiger partial charge in [-0.15, -0.1) is 0 Å². The van der Waals surface area contributed by atoms with Crippen molar-refractivity contribution in [1.29, 1.82) is 0 Å². The summed E-state index contributed by atoms with van der Waals surface area (Å²) in [5.74, 6) is 0.101. The molecule has 1 amide bonds. The summed E-state index contributed by atoms with van der Waals surface area (Å²) in [6.45, 7) is 5.31. The summed E-state index contributed by atoms with van der Waals surface area (Å²) in [4.78, 5) is 42.4. The van der Waals surface area contributed by atoms with Crippen LogP contribution in [0.25, 0.3) is 16.6 Å². The number of halogens is 2. The van der Waals surface area contributed by atoms with Gasteiger partial charge in [0.2, 0.25) is 5.91 Å². The van der Waals surface area contributed by atoms with Crippen molar-refractivity contribution in [2.24, 2.45) is 0 Å². The zero-order valence-electron chi connectivity index (χ0n) is 18.0. The molecule has 2 aromatic heterocycles. The molecule has 0 radical (unpaired) electrons. The van der Waals surface area contributed by atoms with E-state index in [2.05, 4.69) is 10.00 Å². The summed E-state index contributed by atoms with van der Waals surface area (Å²) in [5, 5.41) is 3.95. The van der Waals surface area contributed by atoms with Crippen LogP contribution in [0, 0.1) is 6.92 Å². The Kier molecular flexibility index (Phi) is 6.46. The molecular formula is C22H25Cl2N5O3. The lowest BCUT2D eigenvalue weighted by molar-refractivity contribution is -0.132. The van der Waals surface area contributed by atoms with E-state index < -0.39 is 0 Å². The quantitative estimate of drug-likeness (QED) is 0.612. The number of fused-ring (bicyclic) bond motifs is 1. The summed E-state index contributed by atoms with van der Waals surface area (Å²) in [7, 11) is 2.04. The number of aromatic amines is 1. The fourth-order valence-corrected chi connectivity index (χ4v) is 4.50. The molecule has 3 heterocycles. The number of benzene rings is 1. The van der Waals surface area contributed by atoms with Crippen molar-refractivity contribution in [3.63, 3.8) is 0 Å². The minimum absolute atomic E-state index is 0.101. The molecule has 1 aromatic carbocycles. The first kappa shape index (κ1) is 22.6. The van der Waals surface area contributed by atoms with Gasteiger partial charge in [-0.2, -0.15) is 0 Å². The molecule has 0 atom stereocenters. The van der Waals surface area contributed by atoms with E-state index in [-0.39, 0.29) is 22.0 Å². The fourth-order valence-electron chi connectivity index (χ4n) is 4.12. The van der Waals surface area contributed by atoms with Gasteiger partial charge in [0, 0.05) is 50.9 Å². The number of hydrogen-bond acceptors (Lipinski definition) is 4. The summed E-state index contributed by atoms with van der Waals surface area (Å²) in [5.41, 5.74) is 0.851. The van der Waals surface area contributed by atoms with Gasteiger partial charge in [-0.3, -0.25) is 19.5 Å². The number of H-pyrrole nitrogens is 1. The lowest BCUT2D eigenvalue weighted by Crippen LogP contribution is -2.47. The maximum Gasteiger partial charge on any atom is 0.280 e. The Bertz CT molecular complexity index is 1290. The van der Waals surface area contributed by atoms with E-state index in [1.54, 1.807) is 29.7 Å². The van der Waals surface area contributed by atoms with Gasteiger partial charge in [0.15, 0.2) is 0 Å². The molecule has 4 rings (SSSR count). The van der Waals surface area contributed by atoms with Gasteiger partial charge < -0.3 is 14.4 Å². The van der Waals surface area contributed by atoms with E-state index in [0.29, 0.717) is 46.7 Å². The maximum absolute atomic E-state index is 13.1. The minimum Gasteiger partial charge on any atom is -0.340 e. The lowest BCUT2D eigenvalue weighted by Gasteiger charge is -2.32. The molecule has 32 heavy (non-hydrogen) atoms. The Morgan fingerprint density at radius 1 is 1.12 bits per heavy atom. The number of carbonyl (C=O) groups excluding carboxylic acids is 1. The normalized spacial score (nSPS) is 14.9. The van der Waals surface area contributed by atoms with Crippen LogP contribution in [0.15, 0.2) is 33.9 Å². The van der Waals surface area contributed by atoms with Gasteiger partial charge in [0.05, 0.1) is 26.6 Å². The standard InChI is InChI=1S/C22H25Cl2N5O3/c1-14-20-16(25-29(22(20)32)17-6-3-5-15(23)21(17)24)13-19(31)28(14)8-4-7-18(30)27-11-9-26(2)10-12-27/h3,5-6,13,25H,4,7-12H2,1-2H3. The zero-order valence-corrected chi connectivity index (χ0v) is 19.5. The summed E-state index contributed by atoms with van der Waals surface area (Å²) >= 11 is 12.4. The summed E-state index contributed by atoms with van der Waals surface area (Å²) < 4.78 is 2.85. The van der Waals surface area contributed by atoms with Crippen LogP contribution in [0.5, 0.6) is 0 Å². The van der Waals surface area contributed by atoms with E-state index in [9.17, 15) is 14.4 Å². The van der Waals surface area contributed by atoms with Crippen molar-refractivity contribution in [1.82, 2.24) is 24.1 Å². The molecule has 0 spiro atoms. The highest BCUT2D eigenvalue weighted by Crippen LogP contribution is 2.28. The van der Waals surface area contributed by atoms with Crippen LogP contribution in [0.4, 0.5) is 0 Å². The zero-order chi connectivity index (χ0) is 23.0. The fraction of sp³-hybridized carbons (Fsp3) is 0.409. The number of aromatic nitrogens is 3. The second-order valence-corrected chi connectivity index (χ2v) is 8.91. The Morgan fingerprint density at radius 2 is 1.84 bits per heavy atom. The van der Waals surface area contributed by atoms with Crippen LogP contribution in [0.1, 0.15) is 18.5 Å². The van der Waals surface area contributed by atoms with E-state index in [4.69, 9.17) is 23.2 Å². The highest BCUT2D eigenvalue weighted by molar-refractivity contribution is 6.43. The number of aryl methyl sites for hydroxylation is 1. The van der Waals surface area contributed by atoms with Crippen LogP contribution in [-0.4, -0.2) is 63.3 Å². The molecule has 3 aromatic rings. The Hall–Kier alpha value is -2.55. The van der Waals surface area contributed by atoms with E-state index in [1.807, 2.05) is 11.9 Å². The number of likely N-dealkylation sites (N-methyl/N-ethyl adjacent to an activating group) is 1. The van der Waals surface area contributed by atoms with Gasteiger partial charge in [-0.25, -0.2) is 4.68 Å². The van der Waals surface area contributed by atoms with Crippen LogP contribution in [0.3, 0.4) is 0 Å². The van der Waals surface area contributed by atoms with E-state index >= 15 is 0 Å². The Labute approximate surface area is 194 Å². The molecule has 8 nitrogen and oxygen atoms in total. The highest BCUT2D eigenvalue weighted by atomic mass is 35.5. The minimum atomic E-state index is -0.316. The van der Waals surface area contributed by atoms with Gasteiger partial charge in [-0.1, -0.05) is 29.3 Å². The second-order valence-electron chi connectivity index (χ2n) is 8.12. The molecule has 1 aliphatic rings. The molecule has 1 N–H and O–H groups in total. The van der Waals surface area contributed by atoms with E-state index in [1.165, 1.54) is 10.7 Å². The van der Waals surface area contributed by atoms with Gasteiger partial charge >= 0.3 is 0 Å².